The number of hydrogen-bond acceptors (Lipinski definition) is 4. The average molecular weight is 410 g/mol. The second-order valence-electron chi connectivity index (χ2n) is 6.69. The lowest BCUT2D eigenvalue weighted by atomic mass is 10.2. The largest absolute Gasteiger partial charge is 0.356 e. The predicted octanol–water partition coefficient (Wildman–Crippen LogP) is 2.89. The van der Waals surface area contributed by atoms with Gasteiger partial charge in [0, 0.05) is 41.8 Å². The molecule has 0 saturated heterocycles. The number of benzene rings is 1. The van der Waals surface area contributed by atoms with Gasteiger partial charge in [-0.15, -0.1) is 0 Å². The van der Waals surface area contributed by atoms with Crippen molar-refractivity contribution >= 4 is 39.8 Å². The van der Waals surface area contributed by atoms with Gasteiger partial charge in [0.2, 0.25) is 5.91 Å². The standard InChI is InChI=1S/C19H27N3O3S2/c1-14(27(2)25)11-12-20-17(23)10-4-3-7-13-22-18(24)15-8-5-6-9-16(15)21-19(22)26/h5-6,8-9,14H,3-4,7,10-13H2,1-2H3,(H,20,23)(H,21,26). The van der Waals surface area contributed by atoms with Gasteiger partial charge in [-0.2, -0.15) is 0 Å². The smallest absolute Gasteiger partial charge is 0.262 e. The highest BCUT2D eigenvalue weighted by Crippen LogP contribution is 2.07. The van der Waals surface area contributed by atoms with E-state index in [-0.39, 0.29) is 16.7 Å². The molecule has 2 unspecified atom stereocenters. The molecule has 6 nitrogen and oxygen atoms in total. The van der Waals surface area contributed by atoms with E-state index >= 15 is 0 Å². The number of aromatic amines is 1. The molecule has 0 aliphatic heterocycles. The maximum absolute atomic E-state index is 12.5. The van der Waals surface area contributed by atoms with Crippen LogP contribution in [0.3, 0.4) is 0 Å². The minimum Gasteiger partial charge on any atom is -0.356 e. The number of aromatic nitrogens is 2. The first-order chi connectivity index (χ1) is 12.9. The summed E-state index contributed by atoms with van der Waals surface area (Å²) >= 11 is 5.30. The van der Waals surface area contributed by atoms with Crippen molar-refractivity contribution < 1.29 is 9.00 Å². The molecule has 1 aromatic heterocycles. The summed E-state index contributed by atoms with van der Waals surface area (Å²) in [5.74, 6) is 0.0178. The van der Waals surface area contributed by atoms with Gasteiger partial charge in [0.05, 0.1) is 10.9 Å². The maximum Gasteiger partial charge on any atom is 0.262 e. The molecule has 8 heteroatoms. The highest BCUT2D eigenvalue weighted by atomic mass is 32.2. The number of carbonyl (C=O) groups excluding carboxylic acids is 1. The van der Waals surface area contributed by atoms with E-state index in [1.165, 1.54) is 0 Å². The number of para-hydroxylation sites is 1. The number of H-pyrrole nitrogens is 1. The van der Waals surface area contributed by atoms with E-state index in [0.717, 1.165) is 31.2 Å². The number of rotatable bonds is 10. The van der Waals surface area contributed by atoms with Crippen LogP contribution in [0.25, 0.3) is 10.9 Å². The summed E-state index contributed by atoms with van der Waals surface area (Å²) in [5.41, 5.74) is 0.677. The Labute approximate surface area is 166 Å². The summed E-state index contributed by atoms with van der Waals surface area (Å²) in [6, 6.07) is 7.33. The number of amides is 1. The van der Waals surface area contributed by atoms with Crippen molar-refractivity contribution in [1.82, 2.24) is 14.9 Å². The second-order valence-corrected chi connectivity index (χ2v) is 8.88. The van der Waals surface area contributed by atoms with Gasteiger partial charge in [0.1, 0.15) is 0 Å². The molecule has 0 aliphatic rings. The van der Waals surface area contributed by atoms with E-state index in [1.807, 2.05) is 25.1 Å². The van der Waals surface area contributed by atoms with Crippen LogP contribution in [0.2, 0.25) is 0 Å². The molecule has 2 aromatic rings. The van der Waals surface area contributed by atoms with Crippen molar-refractivity contribution in [2.24, 2.45) is 0 Å². The highest BCUT2D eigenvalue weighted by molar-refractivity contribution is 7.84. The van der Waals surface area contributed by atoms with Crippen LogP contribution in [0.5, 0.6) is 0 Å². The third-order valence-corrected chi connectivity index (χ3v) is 6.31. The molecular formula is C19H27N3O3S2. The lowest BCUT2D eigenvalue weighted by Gasteiger charge is -2.10. The SMILES string of the molecule is CC(CCNC(=O)CCCCCn1c(=S)[nH]c2ccccc2c1=O)S(C)=O. The quantitative estimate of drug-likeness (QED) is 0.467. The van der Waals surface area contributed by atoms with Gasteiger partial charge in [-0.05, 0) is 43.6 Å². The van der Waals surface area contributed by atoms with Crippen LogP contribution in [0.4, 0.5) is 0 Å². The maximum atomic E-state index is 12.5. The molecular weight excluding hydrogens is 382 g/mol. The van der Waals surface area contributed by atoms with Gasteiger partial charge in [-0.3, -0.25) is 18.4 Å². The van der Waals surface area contributed by atoms with Crippen molar-refractivity contribution in [1.29, 1.82) is 0 Å². The first-order valence-electron chi connectivity index (χ1n) is 9.21. The van der Waals surface area contributed by atoms with E-state index in [9.17, 15) is 13.8 Å². The molecule has 148 valence electrons. The molecule has 0 fully saturated rings. The Morgan fingerprint density at radius 2 is 2.04 bits per heavy atom. The van der Waals surface area contributed by atoms with Crippen LogP contribution in [0, 0.1) is 4.77 Å². The molecule has 27 heavy (non-hydrogen) atoms. The zero-order valence-electron chi connectivity index (χ0n) is 15.8. The van der Waals surface area contributed by atoms with Crippen molar-refractivity contribution in [3.8, 4) is 0 Å². The summed E-state index contributed by atoms with van der Waals surface area (Å²) in [7, 11) is -0.855. The van der Waals surface area contributed by atoms with Crippen LogP contribution in [0.15, 0.2) is 29.1 Å². The molecule has 0 bridgehead atoms. The number of nitrogens with one attached hydrogen (secondary N) is 2. The summed E-state index contributed by atoms with van der Waals surface area (Å²) in [4.78, 5) is 27.4. The Morgan fingerprint density at radius 1 is 1.30 bits per heavy atom. The first kappa shape index (κ1) is 21.5. The fraction of sp³-hybridized carbons (Fsp3) is 0.526. The molecule has 0 spiro atoms. The van der Waals surface area contributed by atoms with Crippen LogP contribution in [0.1, 0.15) is 39.0 Å². The van der Waals surface area contributed by atoms with E-state index in [4.69, 9.17) is 12.2 Å². The first-order valence-corrected chi connectivity index (χ1v) is 11.2. The van der Waals surface area contributed by atoms with E-state index in [1.54, 1.807) is 16.9 Å². The molecule has 1 amide bonds. The van der Waals surface area contributed by atoms with Crippen LogP contribution in [-0.2, 0) is 22.1 Å². The van der Waals surface area contributed by atoms with Gasteiger partial charge < -0.3 is 10.3 Å². The van der Waals surface area contributed by atoms with Gasteiger partial charge in [-0.1, -0.05) is 25.5 Å². The van der Waals surface area contributed by atoms with Gasteiger partial charge in [-0.25, -0.2) is 0 Å². The number of carbonyl (C=O) groups is 1. The van der Waals surface area contributed by atoms with Crippen LogP contribution < -0.4 is 10.9 Å². The van der Waals surface area contributed by atoms with Gasteiger partial charge >= 0.3 is 0 Å². The molecule has 2 rings (SSSR count). The topological polar surface area (TPSA) is 84.0 Å². The molecule has 2 atom stereocenters. The third-order valence-electron chi connectivity index (χ3n) is 4.61. The molecule has 0 saturated carbocycles. The Morgan fingerprint density at radius 3 is 2.78 bits per heavy atom. The summed E-state index contributed by atoms with van der Waals surface area (Å²) in [5, 5.41) is 3.59. The second kappa shape index (κ2) is 10.5. The van der Waals surface area contributed by atoms with Gasteiger partial charge in [0.25, 0.3) is 5.56 Å². The zero-order valence-corrected chi connectivity index (χ0v) is 17.5. The predicted molar refractivity (Wildman–Crippen MR) is 113 cm³/mol. The Balaban J connectivity index is 1.74. The summed E-state index contributed by atoms with van der Waals surface area (Å²) < 4.78 is 13.3. The number of nitrogens with zero attached hydrogens (tertiary/aromatic N) is 1. The zero-order chi connectivity index (χ0) is 19.8. The van der Waals surface area contributed by atoms with E-state index < -0.39 is 10.8 Å². The molecule has 0 aliphatic carbocycles. The normalized spacial score (nSPS) is 13.4. The monoisotopic (exact) mass is 409 g/mol. The van der Waals surface area contributed by atoms with Crippen molar-refractivity contribution in [3.05, 3.63) is 39.4 Å². The number of unbranched alkanes of at least 4 members (excludes halogenated alkanes) is 2. The fourth-order valence-corrected chi connectivity index (χ4v) is 3.54. The van der Waals surface area contributed by atoms with Crippen LogP contribution in [-0.4, -0.2) is 37.7 Å². The number of fused-ring (bicyclic) bond motifs is 1. The Bertz CT molecular complexity index is 920. The number of hydrogen-bond donors (Lipinski definition) is 2. The highest BCUT2D eigenvalue weighted by Gasteiger charge is 2.08. The third kappa shape index (κ3) is 6.39. The average Bonchev–Trinajstić information content (AvgIpc) is 2.63. The van der Waals surface area contributed by atoms with Crippen molar-refractivity contribution in [2.75, 3.05) is 12.8 Å². The molecule has 1 heterocycles. The van der Waals surface area contributed by atoms with E-state index in [0.29, 0.717) is 29.7 Å². The van der Waals surface area contributed by atoms with E-state index in [2.05, 4.69) is 10.3 Å². The molecule has 0 radical (unpaired) electrons. The Hall–Kier alpha value is -1.80. The minimum atomic E-state index is -0.855. The summed E-state index contributed by atoms with van der Waals surface area (Å²) in [6.45, 7) is 3.02. The van der Waals surface area contributed by atoms with Gasteiger partial charge in [0.15, 0.2) is 4.77 Å². The lowest BCUT2D eigenvalue weighted by molar-refractivity contribution is -0.121. The Kier molecular flexibility index (Phi) is 8.37. The lowest BCUT2D eigenvalue weighted by Crippen LogP contribution is -2.27. The van der Waals surface area contributed by atoms with Crippen molar-refractivity contribution in [2.45, 2.75) is 50.8 Å². The molecule has 1 aromatic carbocycles. The van der Waals surface area contributed by atoms with Crippen LogP contribution >= 0.6 is 12.2 Å². The summed E-state index contributed by atoms with van der Waals surface area (Å²) in [6.07, 6.45) is 5.26. The van der Waals surface area contributed by atoms with Crippen molar-refractivity contribution in [3.63, 3.8) is 0 Å². The molecule has 2 N–H and O–H groups in total. The fourth-order valence-electron chi connectivity index (χ4n) is 2.80. The minimum absolute atomic E-state index is 0.0178.